The number of nitrogens with zero attached hydrogens (tertiary/aromatic N) is 2. The smallest absolute Gasteiger partial charge is 0.199 e. The minimum absolute atomic E-state index is 0.0123. The highest BCUT2D eigenvalue weighted by atomic mass is 35.5. The molecule has 32 heavy (non-hydrogen) atoms. The molecule has 0 amide bonds. The van der Waals surface area contributed by atoms with Crippen LogP contribution in [0.2, 0.25) is 5.02 Å². The van der Waals surface area contributed by atoms with E-state index in [2.05, 4.69) is 15.2 Å². The Morgan fingerprint density at radius 3 is 2.44 bits per heavy atom. The number of H-pyrrole nitrogens is 1. The third-order valence-corrected chi connectivity index (χ3v) is 8.93. The van der Waals surface area contributed by atoms with Crippen molar-refractivity contribution < 1.29 is 22.0 Å². The maximum absolute atomic E-state index is 14.9. The van der Waals surface area contributed by atoms with Crippen molar-refractivity contribution in [2.24, 2.45) is 5.92 Å². The van der Waals surface area contributed by atoms with E-state index in [-0.39, 0.29) is 47.2 Å². The molecule has 0 radical (unpaired) electrons. The molecule has 1 heterocycles. The SMILES string of the molecule is O=C(CC1CCC(c2cc(F)ccc2F)(S(=O)(=O)c2ccc(Cl)cc2)CC1)c1ncn[nH]1. The Kier molecular flexibility index (Phi) is 6.13. The number of hydrogen-bond acceptors (Lipinski definition) is 5. The zero-order chi connectivity index (χ0) is 22.9. The van der Waals surface area contributed by atoms with Gasteiger partial charge in [0.25, 0.3) is 0 Å². The summed E-state index contributed by atoms with van der Waals surface area (Å²) in [6.07, 6.45) is 2.20. The molecule has 6 nitrogen and oxygen atoms in total. The van der Waals surface area contributed by atoms with Gasteiger partial charge in [0.1, 0.15) is 22.7 Å². The number of nitrogens with one attached hydrogen (secondary N) is 1. The van der Waals surface area contributed by atoms with Gasteiger partial charge in [-0.05, 0) is 74.1 Å². The fourth-order valence-corrected chi connectivity index (χ4v) is 6.71. The molecule has 3 aromatic rings. The lowest BCUT2D eigenvalue weighted by molar-refractivity contribution is 0.0935. The predicted octanol–water partition coefficient (Wildman–Crippen LogP) is 4.87. The van der Waals surface area contributed by atoms with E-state index in [1.807, 2.05) is 0 Å². The second kappa shape index (κ2) is 8.71. The lowest BCUT2D eigenvalue weighted by Gasteiger charge is -2.40. The largest absolute Gasteiger partial charge is 0.291 e. The third kappa shape index (κ3) is 4.06. The van der Waals surface area contributed by atoms with E-state index < -0.39 is 26.2 Å². The van der Waals surface area contributed by atoms with E-state index in [1.54, 1.807) is 0 Å². The Bertz CT molecular complexity index is 1220. The number of sulfone groups is 1. The van der Waals surface area contributed by atoms with Gasteiger partial charge in [0.2, 0.25) is 0 Å². The molecule has 0 unspecified atom stereocenters. The van der Waals surface area contributed by atoms with E-state index in [9.17, 15) is 22.0 Å². The number of benzene rings is 2. The van der Waals surface area contributed by atoms with Gasteiger partial charge in [-0.15, -0.1) is 0 Å². The third-order valence-electron chi connectivity index (χ3n) is 6.12. The van der Waals surface area contributed by atoms with Crippen LogP contribution in [0.3, 0.4) is 0 Å². The summed E-state index contributed by atoms with van der Waals surface area (Å²) in [4.78, 5) is 16.2. The van der Waals surface area contributed by atoms with Crippen LogP contribution < -0.4 is 0 Å². The summed E-state index contributed by atoms with van der Waals surface area (Å²) in [5.41, 5.74) is -0.188. The highest BCUT2D eigenvalue weighted by molar-refractivity contribution is 7.92. The van der Waals surface area contributed by atoms with Gasteiger partial charge in [-0.1, -0.05) is 11.6 Å². The van der Waals surface area contributed by atoms with E-state index in [1.165, 1.54) is 30.6 Å². The minimum atomic E-state index is -4.11. The number of aromatic nitrogens is 3. The Balaban J connectivity index is 1.69. The first-order chi connectivity index (χ1) is 15.2. The van der Waals surface area contributed by atoms with E-state index in [0.29, 0.717) is 17.9 Å². The summed E-state index contributed by atoms with van der Waals surface area (Å²) in [5.74, 6) is -1.68. The normalized spacial score (nSPS) is 21.4. The number of ketones is 1. The van der Waals surface area contributed by atoms with Crippen LogP contribution in [0.25, 0.3) is 0 Å². The van der Waals surface area contributed by atoms with Crippen LogP contribution in [-0.2, 0) is 14.6 Å². The number of carbonyl (C=O) groups is 1. The number of hydrogen-bond donors (Lipinski definition) is 1. The molecule has 1 saturated carbocycles. The molecular formula is C22H20ClF2N3O3S. The molecule has 4 rings (SSSR count). The molecule has 0 aliphatic heterocycles. The number of halogens is 3. The zero-order valence-corrected chi connectivity index (χ0v) is 18.5. The fraction of sp³-hybridized carbons (Fsp3) is 0.318. The molecule has 1 aromatic heterocycles. The van der Waals surface area contributed by atoms with Crippen LogP contribution >= 0.6 is 11.6 Å². The zero-order valence-electron chi connectivity index (χ0n) is 16.9. The van der Waals surface area contributed by atoms with Gasteiger partial charge in [-0.25, -0.2) is 22.2 Å². The van der Waals surface area contributed by atoms with E-state index >= 15 is 0 Å². The summed E-state index contributed by atoms with van der Waals surface area (Å²) in [6.45, 7) is 0. The first-order valence-electron chi connectivity index (χ1n) is 10.1. The Morgan fingerprint density at radius 2 is 1.81 bits per heavy atom. The molecule has 2 aromatic carbocycles. The second-order valence-corrected chi connectivity index (χ2v) is 10.7. The second-order valence-electron chi connectivity index (χ2n) is 7.98. The van der Waals surface area contributed by atoms with Crippen molar-refractivity contribution in [3.05, 3.63) is 76.8 Å². The molecule has 10 heteroatoms. The minimum Gasteiger partial charge on any atom is -0.291 e. The molecule has 0 saturated heterocycles. The summed E-state index contributed by atoms with van der Waals surface area (Å²) < 4.78 is 54.9. The molecule has 0 spiro atoms. The highest BCUT2D eigenvalue weighted by Crippen LogP contribution is 2.49. The standard InChI is InChI=1S/C22H20ClF2N3O3S/c23-15-1-4-17(5-2-15)32(30,31)22(18-12-16(24)3-6-19(18)25)9-7-14(8-10-22)11-20(29)21-26-13-27-28-21/h1-6,12-14H,7-11H2,(H,26,27,28). The van der Waals surface area contributed by atoms with Crippen molar-refractivity contribution in [3.8, 4) is 0 Å². The molecule has 1 aliphatic rings. The monoisotopic (exact) mass is 479 g/mol. The number of Topliss-reactive ketones (excluding diaryl/α,β-unsaturated/α-hetero) is 1. The lowest BCUT2D eigenvalue weighted by Crippen LogP contribution is -2.41. The van der Waals surface area contributed by atoms with Crippen molar-refractivity contribution in [1.29, 1.82) is 0 Å². The van der Waals surface area contributed by atoms with Crippen LogP contribution in [0.5, 0.6) is 0 Å². The van der Waals surface area contributed by atoms with Crippen molar-refractivity contribution in [1.82, 2.24) is 15.2 Å². The average Bonchev–Trinajstić information content (AvgIpc) is 3.31. The Hall–Kier alpha value is -2.65. The summed E-state index contributed by atoms with van der Waals surface area (Å²) in [7, 11) is -4.11. The molecule has 1 fully saturated rings. The van der Waals surface area contributed by atoms with Crippen LogP contribution in [0.4, 0.5) is 8.78 Å². The van der Waals surface area contributed by atoms with Crippen LogP contribution in [0, 0.1) is 17.6 Å². The van der Waals surface area contributed by atoms with Crippen LogP contribution in [0.15, 0.2) is 53.7 Å². The topological polar surface area (TPSA) is 92.8 Å². The van der Waals surface area contributed by atoms with Gasteiger partial charge in [0.15, 0.2) is 21.4 Å². The molecular weight excluding hydrogens is 460 g/mol. The average molecular weight is 480 g/mol. The van der Waals surface area contributed by atoms with Crippen LogP contribution in [-0.4, -0.2) is 29.4 Å². The predicted molar refractivity (Wildman–Crippen MR) is 114 cm³/mol. The van der Waals surface area contributed by atoms with Crippen LogP contribution in [0.1, 0.15) is 48.3 Å². The summed E-state index contributed by atoms with van der Waals surface area (Å²) in [5, 5.41) is 6.56. The Labute approximate surface area is 188 Å². The molecule has 168 valence electrons. The molecule has 1 N–H and O–H groups in total. The number of aromatic amines is 1. The van der Waals surface area contributed by atoms with Gasteiger partial charge < -0.3 is 0 Å². The van der Waals surface area contributed by atoms with Gasteiger partial charge in [-0.3, -0.25) is 9.89 Å². The first kappa shape index (κ1) is 22.5. The molecule has 0 atom stereocenters. The quantitative estimate of drug-likeness (QED) is 0.509. The van der Waals surface area contributed by atoms with Crippen molar-refractivity contribution in [2.75, 3.05) is 0 Å². The van der Waals surface area contributed by atoms with Gasteiger partial charge >= 0.3 is 0 Å². The van der Waals surface area contributed by atoms with Crippen molar-refractivity contribution >= 4 is 27.2 Å². The number of carbonyl (C=O) groups excluding carboxylic acids is 1. The maximum Gasteiger partial charge on any atom is 0.199 e. The summed E-state index contributed by atoms with van der Waals surface area (Å²) >= 11 is 5.91. The van der Waals surface area contributed by atoms with E-state index in [4.69, 9.17) is 11.6 Å². The van der Waals surface area contributed by atoms with Gasteiger partial charge in [-0.2, -0.15) is 5.10 Å². The fourth-order valence-electron chi connectivity index (χ4n) is 4.42. The first-order valence-corrected chi connectivity index (χ1v) is 11.9. The number of rotatable bonds is 6. The highest BCUT2D eigenvalue weighted by Gasteiger charge is 2.50. The van der Waals surface area contributed by atoms with Gasteiger partial charge in [0, 0.05) is 17.0 Å². The van der Waals surface area contributed by atoms with Gasteiger partial charge in [0.05, 0.1) is 4.90 Å². The Morgan fingerprint density at radius 1 is 1.12 bits per heavy atom. The summed E-state index contributed by atoms with van der Waals surface area (Å²) in [6, 6.07) is 8.51. The molecule has 1 aliphatic carbocycles. The molecule has 0 bridgehead atoms. The van der Waals surface area contributed by atoms with E-state index in [0.717, 1.165) is 18.2 Å². The van der Waals surface area contributed by atoms with Crippen molar-refractivity contribution in [2.45, 2.75) is 41.7 Å². The maximum atomic E-state index is 14.9. The lowest BCUT2D eigenvalue weighted by atomic mass is 9.76. The van der Waals surface area contributed by atoms with Crippen molar-refractivity contribution in [3.63, 3.8) is 0 Å².